The molecule has 0 amide bonds. The Morgan fingerprint density at radius 2 is 2.15 bits per heavy atom. The predicted molar refractivity (Wildman–Crippen MR) is 84.6 cm³/mol. The Bertz CT molecular complexity index is 556. The molecular weight excluding hydrogens is 388 g/mol. The van der Waals surface area contributed by atoms with Crippen LogP contribution in [0.4, 0.5) is 0 Å². The lowest BCUT2D eigenvalue weighted by Gasteiger charge is -2.18. The number of aromatic nitrogens is 3. The molecule has 0 saturated heterocycles. The molecule has 0 bridgehead atoms. The summed E-state index contributed by atoms with van der Waals surface area (Å²) in [6.45, 7) is 1.32. The van der Waals surface area contributed by atoms with Crippen LogP contribution in [0.1, 0.15) is 17.4 Å². The molecule has 0 spiro atoms. The van der Waals surface area contributed by atoms with E-state index in [0.717, 1.165) is 20.3 Å². The van der Waals surface area contributed by atoms with Crippen molar-refractivity contribution in [3.05, 3.63) is 44.9 Å². The maximum atomic E-state index is 5.13. The first-order chi connectivity index (χ1) is 9.67. The fourth-order valence-electron chi connectivity index (χ4n) is 2.00. The van der Waals surface area contributed by atoms with Crippen molar-refractivity contribution in [2.75, 3.05) is 20.8 Å². The van der Waals surface area contributed by atoms with E-state index in [1.807, 2.05) is 23.9 Å². The maximum Gasteiger partial charge on any atom is 0.0931 e. The highest BCUT2D eigenvalue weighted by atomic mass is 79.9. The van der Waals surface area contributed by atoms with Crippen molar-refractivity contribution in [3.8, 4) is 0 Å². The van der Waals surface area contributed by atoms with Gasteiger partial charge in [0.05, 0.1) is 41.3 Å². The lowest BCUT2D eigenvalue weighted by molar-refractivity contribution is 0.182. The fraction of sp³-hybridized carbons (Fsp3) is 0.385. The number of hydrogen-bond acceptors (Lipinski definition) is 4. The number of halogens is 2. The van der Waals surface area contributed by atoms with Gasteiger partial charge in [-0.1, -0.05) is 0 Å². The summed E-state index contributed by atoms with van der Waals surface area (Å²) in [5, 5.41) is 7.67. The van der Waals surface area contributed by atoms with Crippen LogP contribution < -0.4 is 5.32 Å². The van der Waals surface area contributed by atoms with Crippen molar-refractivity contribution in [1.82, 2.24) is 20.1 Å². The average molecular weight is 404 g/mol. The molecule has 0 aliphatic rings. The van der Waals surface area contributed by atoms with Crippen LogP contribution in [0.15, 0.2) is 33.5 Å². The number of nitrogens with zero attached hydrogens (tertiary/aromatic N) is 3. The van der Waals surface area contributed by atoms with E-state index in [1.165, 1.54) is 0 Å². The van der Waals surface area contributed by atoms with Gasteiger partial charge in [0.2, 0.25) is 0 Å². The van der Waals surface area contributed by atoms with E-state index >= 15 is 0 Å². The monoisotopic (exact) mass is 402 g/mol. The summed E-state index contributed by atoms with van der Waals surface area (Å²) in [6.07, 6.45) is 3.59. The summed E-state index contributed by atoms with van der Waals surface area (Å²) < 4.78 is 8.97. The van der Waals surface area contributed by atoms with Crippen LogP contribution >= 0.6 is 31.9 Å². The topological polar surface area (TPSA) is 52.0 Å². The molecule has 108 valence electrons. The first-order valence-corrected chi connectivity index (χ1v) is 7.74. The van der Waals surface area contributed by atoms with Gasteiger partial charge < -0.3 is 10.1 Å². The molecule has 2 rings (SSSR count). The van der Waals surface area contributed by atoms with Crippen LogP contribution in [0.2, 0.25) is 0 Å². The molecule has 2 heterocycles. The first-order valence-electron chi connectivity index (χ1n) is 6.16. The number of ether oxygens (including phenoxy) is 1. The number of pyridine rings is 1. The quantitative estimate of drug-likeness (QED) is 0.805. The van der Waals surface area contributed by atoms with Gasteiger partial charge in [-0.15, -0.1) is 0 Å². The highest BCUT2D eigenvalue weighted by Crippen LogP contribution is 2.27. The van der Waals surface area contributed by atoms with E-state index in [2.05, 4.69) is 47.3 Å². The smallest absolute Gasteiger partial charge is 0.0931 e. The van der Waals surface area contributed by atoms with Crippen molar-refractivity contribution < 1.29 is 4.74 Å². The fourth-order valence-corrected chi connectivity index (χ4v) is 2.76. The third-order valence-corrected chi connectivity index (χ3v) is 4.03. The lowest BCUT2D eigenvalue weighted by Crippen LogP contribution is -2.23. The Kier molecular flexibility index (Phi) is 5.71. The second-order valence-electron chi connectivity index (χ2n) is 4.22. The summed E-state index contributed by atoms with van der Waals surface area (Å²) in [7, 11) is 3.60. The van der Waals surface area contributed by atoms with Crippen molar-refractivity contribution in [2.45, 2.75) is 12.6 Å². The van der Waals surface area contributed by atoms with Crippen molar-refractivity contribution in [2.24, 2.45) is 0 Å². The molecular formula is C13H16Br2N4O. The van der Waals surface area contributed by atoms with E-state index in [1.54, 1.807) is 19.5 Å². The van der Waals surface area contributed by atoms with Gasteiger partial charge in [-0.05, 0) is 51.0 Å². The molecule has 1 N–H and O–H groups in total. The molecule has 0 saturated carbocycles. The highest BCUT2D eigenvalue weighted by molar-refractivity contribution is 9.10. The number of rotatable bonds is 6. The van der Waals surface area contributed by atoms with Crippen LogP contribution in [0.3, 0.4) is 0 Å². The van der Waals surface area contributed by atoms with Crippen molar-refractivity contribution in [1.29, 1.82) is 0 Å². The average Bonchev–Trinajstić information content (AvgIpc) is 2.81. The molecule has 0 radical (unpaired) electrons. The van der Waals surface area contributed by atoms with Gasteiger partial charge in [0.15, 0.2) is 0 Å². The molecule has 0 aliphatic carbocycles. The van der Waals surface area contributed by atoms with Crippen LogP contribution in [-0.4, -0.2) is 35.5 Å². The molecule has 5 nitrogen and oxygen atoms in total. The molecule has 20 heavy (non-hydrogen) atoms. The normalized spacial score (nSPS) is 12.6. The zero-order chi connectivity index (χ0) is 14.5. The largest absolute Gasteiger partial charge is 0.383 e. The molecule has 1 unspecified atom stereocenters. The molecule has 2 aromatic rings. The Morgan fingerprint density at radius 1 is 1.35 bits per heavy atom. The summed E-state index contributed by atoms with van der Waals surface area (Å²) in [5.74, 6) is 0. The minimum atomic E-state index is -0.0307. The maximum absolute atomic E-state index is 5.13. The summed E-state index contributed by atoms with van der Waals surface area (Å²) in [4.78, 5) is 4.47. The van der Waals surface area contributed by atoms with E-state index in [4.69, 9.17) is 4.74 Å². The summed E-state index contributed by atoms with van der Waals surface area (Å²) >= 11 is 6.96. The van der Waals surface area contributed by atoms with Crippen LogP contribution in [0.25, 0.3) is 0 Å². The third kappa shape index (κ3) is 3.46. The van der Waals surface area contributed by atoms with E-state index in [0.29, 0.717) is 13.2 Å². The summed E-state index contributed by atoms with van der Waals surface area (Å²) in [5.41, 5.74) is 1.98. The lowest BCUT2D eigenvalue weighted by atomic mass is 10.1. The molecule has 2 aromatic heterocycles. The standard InChI is InChI=1S/C13H16Br2N4O/c1-16-12(11-4-3-9(14)7-17-11)13-10(15)8-18-19(13)5-6-20-2/h3-4,7-8,12,16H,5-6H2,1-2H3. The molecule has 7 heteroatoms. The van der Waals surface area contributed by atoms with Gasteiger partial charge in [-0.3, -0.25) is 9.67 Å². The van der Waals surface area contributed by atoms with Crippen LogP contribution in [-0.2, 0) is 11.3 Å². The zero-order valence-corrected chi connectivity index (χ0v) is 14.5. The number of methoxy groups -OCH3 is 1. The van der Waals surface area contributed by atoms with E-state index in [9.17, 15) is 0 Å². The molecule has 0 fully saturated rings. The van der Waals surface area contributed by atoms with Crippen molar-refractivity contribution in [3.63, 3.8) is 0 Å². The molecule has 0 aliphatic heterocycles. The van der Waals surface area contributed by atoms with E-state index in [-0.39, 0.29) is 6.04 Å². The van der Waals surface area contributed by atoms with Crippen LogP contribution in [0, 0.1) is 0 Å². The Labute approximate surface area is 135 Å². The number of hydrogen-bond donors (Lipinski definition) is 1. The number of nitrogens with one attached hydrogen (secondary N) is 1. The van der Waals surface area contributed by atoms with Gasteiger partial charge in [-0.25, -0.2) is 0 Å². The Morgan fingerprint density at radius 3 is 2.75 bits per heavy atom. The van der Waals surface area contributed by atoms with E-state index < -0.39 is 0 Å². The SMILES string of the molecule is CNC(c1ccc(Br)cn1)c1c(Br)cnn1CCOC. The van der Waals surface area contributed by atoms with Gasteiger partial charge in [0.25, 0.3) is 0 Å². The third-order valence-electron chi connectivity index (χ3n) is 2.95. The zero-order valence-electron chi connectivity index (χ0n) is 11.3. The predicted octanol–water partition coefficient (Wildman–Crippen LogP) is 2.76. The Balaban J connectivity index is 2.35. The van der Waals surface area contributed by atoms with Crippen molar-refractivity contribution >= 4 is 31.9 Å². The highest BCUT2D eigenvalue weighted by Gasteiger charge is 2.21. The van der Waals surface area contributed by atoms with Gasteiger partial charge in [0, 0.05) is 17.8 Å². The van der Waals surface area contributed by atoms with Gasteiger partial charge in [0.1, 0.15) is 0 Å². The van der Waals surface area contributed by atoms with Crippen LogP contribution in [0.5, 0.6) is 0 Å². The van der Waals surface area contributed by atoms with Gasteiger partial charge in [-0.2, -0.15) is 5.10 Å². The Hall–Kier alpha value is -0.760. The molecule has 0 aromatic carbocycles. The van der Waals surface area contributed by atoms with Gasteiger partial charge >= 0.3 is 0 Å². The minimum absolute atomic E-state index is 0.0307. The summed E-state index contributed by atoms with van der Waals surface area (Å²) in [6, 6.07) is 3.94. The first kappa shape index (κ1) is 15.6. The molecule has 1 atom stereocenters. The minimum Gasteiger partial charge on any atom is -0.383 e. The second kappa shape index (κ2) is 7.31. The second-order valence-corrected chi connectivity index (χ2v) is 5.99.